The number of anilines is 2. The van der Waals surface area contributed by atoms with E-state index in [1.54, 1.807) is 43.3 Å². The molecule has 3 rings (SSSR count). The highest BCUT2D eigenvalue weighted by Crippen LogP contribution is 2.24. The van der Waals surface area contributed by atoms with Crippen LogP contribution in [0, 0.1) is 6.92 Å². The van der Waals surface area contributed by atoms with Crippen LogP contribution in [0.25, 0.3) is 0 Å². The van der Waals surface area contributed by atoms with E-state index < -0.39 is 10.0 Å². The lowest BCUT2D eigenvalue weighted by Gasteiger charge is -2.09. The van der Waals surface area contributed by atoms with Gasteiger partial charge in [-0.3, -0.25) is 4.72 Å². The molecule has 0 saturated heterocycles. The molecule has 0 unspecified atom stereocenters. The molecule has 1 aromatic heterocycles. The van der Waals surface area contributed by atoms with Gasteiger partial charge < -0.3 is 5.32 Å². The summed E-state index contributed by atoms with van der Waals surface area (Å²) in [7, 11) is -3.64. The van der Waals surface area contributed by atoms with Gasteiger partial charge in [0.15, 0.2) is 5.82 Å². The van der Waals surface area contributed by atoms with E-state index in [0.29, 0.717) is 17.4 Å². The average Bonchev–Trinajstić information content (AvgIpc) is 3.25. The number of rotatable bonds is 5. The molecule has 1 fully saturated rings. The minimum absolute atomic E-state index is 0.208. The topological polar surface area (TPSA) is 84.0 Å². The number of hydrogen-bond donors (Lipinski definition) is 2. The number of sulfonamides is 1. The molecule has 1 saturated carbocycles. The van der Waals surface area contributed by atoms with Crippen molar-refractivity contribution in [3.63, 3.8) is 0 Å². The quantitative estimate of drug-likeness (QED) is 0.884. The van der Waals surface area contributed by atoms with Gasteiger partial charge in [-0.25, -0.2) is 8.42 Å². The molecule has 0 bridgehead atoms. The van der Waals surface area contributed by atoms with Gasteiger partial charge in [-0.1, -0.05) is 18.2 Å². The van der Waals surface area contributed by atoms with Gasteiger partial charge in [-0.2, -0.15) is 0 Å². The molecule has 1 aliphatic rings. The van der Waals surface area contributed by atoms with Crippen LogP contribution in [-0.2, 0) is 10.0 Å². The summed E-state index contributed by atoms with van der Waals surface area (Å²) in [6.07, 6.45) is 2.28. The molecule has 0 atom stereocenters. The first-order chi connectivity index (χ1) is 10.0. The fraction of sp³-hybridized carbons (Fsp3) is 0.286. The maximum atomic E-state index is 12.3. The van der Waals surface area contributed by atoms with Crippen molar-refractivity contribution in [3.8, 4) is 0 Å². The zero-order valence-corrected chi connectivity index (χ0v) is 12.4. The van der Waals surface area contributed by atoms with Gasteiger partial charge in [0.05, 0.1) is 4.90 Å². The summed E-state index contributed by atoms with van der Waals surface area (Å²) in [4.78, 5) is 0.243. The molecule has 2 aromatic rings. The first-order valence-electron chi connectivity index (χ1n) is 6.73. The third kappa shape index (κ3) is 3.30. The lowest BCUT2D eigenvalue weighted by molar-refractivity contribution is 0.600. The number of hydrogen-bond acceptors (Lipinski definition) is 5. The minimum Gasteiger partial charge on any atom is -0.366 e. The summed E-state index contributed by atoms with van der Waals surface area (Å²) < 4.78 is 27.0. The van der Waals surface area contributed by atoms with Crippen molar-refractivity contribution in [1.29, 1.82) is 0 Å². The highest BCUT2D eigenvalue weighted by Gasteiger charge is 2.21. The van der Waals surface area contributed by atoms with Gasteiger partial charge in [0, 0.05) is 6.04 Å². The molecule has 6 nitrogen and oxygen atoms in total. The Morgan fingerprint density at radius 1 is 1.05 bits per heavy atom. The third-order valence-electron chi connectivity index (χ3n) is 3.22. The van der Waals surface area contributed by atoms with Crippen LogP contribution in [0.3, 0.4) is 0 Å². The predicted octanol–water partition coefficient (Wildman–Crippen LogP) is 2.16. The molecule has 2 N–H and O–H groups in total. The van der Waals surface area contributed by atoms with Crippen molar-refractivity contribution in [1.82, 2.24) is 10.2 Å². The lowest BCUT2D eigenvalue weighted by atomic mass is 10.2. The van der Waals surface area contributed by atoms with Crippen molar-refractivity contribution < 1.29 is 8.42 Å². The molecule has 7 heteroatoms. The number of aromatic nitrogens is 2. The van der Waals surface area contributed by atoms with Gasteiger partial charge in [0.25, 0.3) is 10.0 Å². The monoisotopic (exact) mass is 304 g/mol. The van der Waals surface area contributed by atoms with E-state index in [4.69, 9.17) is 0 Å². The summed E-state index contributed by atoms with van der Waals surface area (Å²) in [5, 5.41) is 11.1. The first kappa shape index (κ1) is 13.8. The van der Waals surface area contributed by atoms with Crippen LogP contribution in [0.2, 0.25) is 0 Å². The van der Waals surface area contributed by atoms with Crippen molar-refractivity contribution >= 4 is 21.7 Å². The Kier molecular flexibility index (Phi) is 3.50. The van der Waals surface area contributed by atoms with E-state index in [1.165, 1.54) is 0 Å². The summed E-state index contributed by atoms with van der Waals surface area (Å²) in [6, 6.07) is 10.6. The van der Waals surface area contributed by atoms with Crippen LogP contribution in [0.1, 0.15) is 18.4 Å². The SMILES string of the molecule is Cc1ccccc1S(=O)(=O)Nc1ccc(NC2CC2)nn1. The Balaban J connectivity index is 1.77. The summed E-state index contributed by atoms with van der Waals surface area (Å²) in [5.41, 5.74) is 0.685. The molecule has 0 amide bonds. The van der Waals surface area contributed by atoms with Gasteiger partial charge in [-0.05, 0) is 43.5 Å². The molecule has 21 heavy (non-hydrogen) atoms. The molecular weight excluding hydrogens is 288 g/mol. The second-order valence-electron chi connectivity index (χ2n) is 5.09. The summed E-state index contributed by atoms with van der Waals surface area (Å²) in [6.45, 7) is 1.75. The minimum atomic E-state index is -3.64. The molecule has 0 aliphatic heterocycles. The first-order valence-corrected chi connectivity index (χ1v) is 8.22. The highest BCUT2D eigenvalue weighted by atomic mass is 32.2. The van der Waals surface area contributed by atoms with Crippen LogP contribution < -0.4 is 10.0 Å². The molecule has 1 aliphatic carbocycles. The fourth-order valence-corrected chi connectivity index (χ4v) is 3.19. The van der Waals surface area contributed by atoms with Crippen LogP contribution in [-0.4, -0.2) is 24.7 Å². The smallest absolute Gasteiger partial charge is 0.263 e. The standard InChI is InChI=1S/C14H16N4O2S/c1-10-4-2-3-5-12(10)21(19,20)18-14-9-8-13(16-17-14)15-11-6-7-11/h2-5,8-9,11H,6-7H2,1H3,(H,15,16)(H,17,18). The van der Waals surface area contributed by atoms with Gasteiger partial charge >= 0.3 is 0 Å². The van der Waals surface area contributed by atoms with Gasteiger partial charge in [-0.15, -0.1) is 10.2 Å². The van der Waals surface area contributed by atoms with E-state index in [0.717, 1.165) is 12.8 Å². The fourth-order valence-electron chi connectivity index (χ4n) is 1.95. The van der Waals surface area contributed by atoms with Crippen molar-refractivity contribution in [2.75, 3.05) is 10.0 Å². The van der Waals surface area contributed by atoms with Crippen LogP contribution in [0.15, 0.2) is 41.3 Å². The van der Waals surface area contributed by atoms with Crippen LogP contribution in [0.5, 0.6) is 0 Å². The van der Waals surface area contributed by atoms with E-state index in [2.05, 4.69) is 20.2 Å². The van der Waals surface area contributed by atoms with Gasteiger partial charge in [0.2, 0.25) is 0 Å². The van der Waals surface area contributed by atoms with Crippen molar-refractivity contribution in [3.05, 3.63) is 42.0 Å². The number of nitrogens with one attached hydrogen (secondary N) is 2. The maximum Gasteiger partial charge on any atom is 0.263 e. The summed E-state index contributed by atoms with van der Waals surface area (Å²) in [5.74, 6) is 0.871. The Bertz CT molecular complexity index is 740. The number of aryl methyl sites for hydroxylation is 1. The molecule has 1 heterocycles. The summed E-state index contributed by atoms with van der Waals surface area (Å²) >= 11 is 0. The zero-order valence-electron chi connectivity index (χ0n) is 11.6. The second-order valence-corrected chi connectivity index (χ2v) is 6.74. The Labute approximate surface area is 123 Å². The molecule has 1 aromatic carbocycles. The molecular formula is C14H16N4O2S. The van der Waals surface area contributed by atoms with Crippen molar-refractivity contribution in [2.24, 2.45) is 0 Å². The van der Waals surface area contributed by atoms with E-state index >= 15 is 0 Å². The number of benzene rings is 1. The second kappa shape index (κ2) is 5.33. The van der Waals surface area contributed by atoms with Gasteiger partial charge in [0.1, 0.15) is 5.82 Å². The Hall–Kier alpha value is -2.15. The Morgan fingerprint density at radius 2 is 1.71 bits per heavy atom. The Morgan fingerprint density at radius 3 is 2.33 bits per heavy atom. The van der Waals surface area contributed by atoms with Crippen molar-refractivity contribution in [2.45, 2.75) is 30.7 Å². The molecule has 110 valence electrons. The van der Waals surface area contributed by atoms with E-state index in [-0.39, 0.29) is 10.7 Å². The zero-order chi connectivity index (χ0) is 14.9. The predicted molar refractivity (Wildman–Crippen MR) is 80.7 cm³/mol. The average molecular weight is 304 g/mol. The normalized spacial score (nSPS) is 14.7. The van der Waals surface area contributed by atoms with E-state index in [9.17, 15) is 8.42 Å². The lowest BCUT2D eigenvalue weighted by Crippen LogP contribution is -2.15. The van der Waals surface area contributed by atoms with E-state index in [1.807, 2.05) is 0 Å². The van der Waals surface area contributed by atoms with Crippen LogP contribution in [0.4, 0.5) is 11.6 Å². The highest BCUT2D eigenvalue weighted by molar-refractivity contribution is 7.92. The maximum absolute atomic E-state index is 12.3. The third-order valence-corrected chi connectivity index (χ3v) is 4.73. The van der Waals surface area contributed by atoms with Crippen LogP contribution >= 0.6 is 0 Å². The molecule has 0 spiro atoms. The largest absolute Gasteiger partial charge is 0.366 e. The number of nitrogens with zero attached hydrogens (tertiary/aromatic N) is 2. The molecule has 0 radical (unpaired) electrons.